The minimum atomic E-state index is -0.346. The fourth-order valence-electron chi connectivity index (χ4n) is 5.27. The first-order valence-electron chi connectivity index (χ1n) is 14.2. The molecule has 0 saturated carbocycles. The highest BCUT2D eigenvalue weighted by molar-refractivity contribution is 5.91. The summed E-state index contributed by atoms with van der Waals surface area (Å²) >= 11 is 0. The summed E-state index contributed by atoms with van der Waals surface area (Å²) in [4.78, 5) is 33.1. The maximum atomic E-state index is 13.1. The largest absolute Gasteiger partial charge is 0.497 e. The molecule has 0 unspecified atom stereocenters. The summed E-state index contributed by atoms with van der Waals surface area (Å²) in [7, 11) is 1.65. The molecule has 0 aliphatic heterocycles. The van der Waals surface area contributed by atoms with E-state index in [-0.39, 0.29) is 17.9 Å². The molecule has 7 nitrogen and oxygen atoms in total. The van der Waals surface area contributed by atoms with Gasteiger partial charge in [-0.1, -0.05) is 38.8 Å². The number of esters is 2. The van der Waals surface area contributed by atoms with Crippen LogP contribution in [0.5, 0.6) is 5.75 Å². The van der Waals surface area contributed by atoms with E-state index in [0.29, 0.717) is 24.6 Å². The summed E-state index contributed by atoms with van der Waals surface area (Å²) in [5.41, 5.74) is 7.83. The zero-order valence-electron chi connectivity index (χ0n) is 24.6. The number of benzene rings is 1. The van der Waals surface area contributed by atoms with Crippen LogP contribution in [0.1, 0.15) is 119 Å². The standard InChI is InChI=1S/C32H44N2O5/c1-8-12-17-24-20(5)27(33-29(24)31(35)38-10-3)26(22-15-14-16-23(19-22)37-7)28-21(6)25(18-13-9-2)30(34-28)32(36)39-11-4/h14-16,19,26,33-34H,8-13,17-18H2,1-7H3. The molecule has 2 aromatic heterocycles. The molecule has 0 saturated heterocycles. The van der Waals surface area contributed by atoms with Gasteiger partial charge >= 0.3 is 11.9 Å². The molecule has 3 rings (SSSR count). The number of hydrogen-bond donors (Lipinski definition) is 2. The number of nitrogens with one attached hydrogen (secondary N) is 2. The summed E-state index contributed by atoms with van der Waals surface area (Å²) < 4.78 is 16.4. The lowest BCUT2D eigenvalue weighted by Gasteiger charge is -2.19. The highest BCUT2D eigenvalue weighted by Gasteiger charge is 2.31. The first-order valence-corrected chi connectivity index (χ1v) is 14.2. The topological polar surface area (TPSA) is 93.4 Å². The van der Waals surface area contributed by atoms with E-state index in [2.05, 4.69) is 43.7 Å². The summed E-state index contributed by atoms with van der Waals surface area (Å²) in [6, 6.07) is 7.94. The molecule has 7 heteroatoms. The van der Waals surface area contributed by atoms with Crippen molar-refractivity contribution in [2.75, 3.05) is 20.3 Å². The van der Waals surface area contributed by atoms with Crippen LogP contribution in [0.4, 0.5) is 0 Å². The number of carbonyl (C=O) groups is 2. The van der Waals surface area contributed by atoms with Gasteiger partial charge in [0.15, 0.2) is 0 Å². The smallest absolute Gasteiger partial charge is 0.355 e. The Morgan fingerprint density at radius 3 is 1.69 bits per heavy atom. The van der Waals surface area contributed by atoms with Crippen LogP contribution in [0.15, 0.2) is 24.3 Å². The first kappa shape index (κ1) is 30.1. The minimum Gasteiger partial charge on any atom is -0.497 e. The fraction of sp³-hybridized carbons (Fsp3) is 0.500. The number of H-pyrrole nitrogens is 2. The van der Waals surface area contributed by atoms with Gasteiger partial charge in [0.25, 0.3) is 0 Å². The van der Waals surface area contributed by atoms with Crippen LogP contribution in [-0.4, -0.2) is 42.2 Å². The molecule has 39 heavy (non-hydrogen) atoms. The SMILES string of the molecule is CCCCc1c(C(=O)OCC)[nH]c(C(c2cccc(OC)c2)c2[nH]c(C(=O)OCC)c(CCCC)c2C)c1C. The Kier molecular flexibility index (Phi) is 10.8. The van der Waals surface area contributed by atoms with Gasteiger partial charge in [-0.25, -0.2) is 9.59 Å². The Hall–Kier alpha value is -3.48. The van der Waals surface area contributed by atoms with E-state index in [4.69, 9.17) is 14.2 Å². The fourth-order valence-corrected chi connectivity index (χ4v) is 5.27. The Bertz CT molecular complexity index is 1200. The summed E-state index contributed by atoms with van der Waals surface area (Å²) in [5, 5.41) is 0. The normalized spacial score (nSPS) is 11.2. The molecule has 1 aromatic carbocycles. The van der Waals surface area contributed by atoms with Crippen molar-refractivity contribution >= 4 is 11.9 Å². The van der Waals surface area contributed by atoms with Crippen LogP contribution in [0.25, 0.3) is 0 Å². The summed E-state index contributed by atoms with van der Waals surface area (Å²) in [5.74, 6) is -0.255. The van der Waals surface area contributed by atoms with Gasteiger partial charge in [0, 0.05) is 11.4 Å². The number of aromatic amines is 2. The van der Waals surface area contributed by atoms with Crippen molar-refractivity contribution in [3.63, 3.8) is 0 Å². The molecule has 2 heterocycles. The van der Waals surface area contributed by atoms with Gasteiger partial charge in [0.1, 0.15) is 17.1 Å². The van der Waals surface area contributed by atoms with E-state index in [1.807, 2.05) is 32.0 Å². The quantitative estimate of drug-likeness (QED) is 0.213. The lowest BCUT2D eigenvalue weighted by Crippen LogP contribution is -2.10. The molecule has 0 aliphatic rings. The molecule has 0 spiro atoms. The van der Waals surface area contributed by atoms with Crippen LogP contribution < -0.4 is 4.74 Å². The molecule has 0 radical (unpaired) electrons. The molecule has 0 fully saturated rings. The van der Waals surface area contributed by atoms with Crippen molar-refractivity contribution in [2.45, 2.75) is 86.0 Å². The summed E-state index contributed by atoms with van der Waals surface area (Å²) in [6.45, 7) is 12.7. The van der Waals surface area contributed by atoms with Crippen LogP contribution >= 0.6 is 0 Å². The molecule has 0 bridgehead atoms. The number of methoxy groups -OCH3 is 1. The number of unbranched alkanes of at least 4 members (excludes halogenated alkanes) is 2. The van der Waals surface area contributed by atoms with Gasteiger partial charge in [0.05, 0.1) is 26.2 Å². The third-order valence-electron chi connectivity index (χ3n) is 7.36. The number of ether oxygens (including phenoxy) is 3. The predicted octanol–water partition coefficient (Wildman–Crippen LogP) is 7.19. The Labute approximate surface area is 232 Å². The summed E-state index contributed by atoms with van der Waals surface area (Å²) in [6.07, 6.45) is 5.50. The number of aromatic nitrogens is 2. The lowest BCUT2D eigenvalue weighted by molar-refractivity contribution is 0.0509. The molecule has 212 valence electrons. The average Bonchev–Trinajstić information content (AvgIpc) is 3.43. The van der Waals surface area contributed by atoms with Crippen molar-refractivity contribution in [2.24, 2.45) is 0 Å². The van der Waals surface area contributed by atoms with E-state index in [1.165, 1.54) is 0 Å². The number of carbonyl (C=O) groups excluding carboxylic acids is 2. The number of hydrogen-bond acceptors (Lipinski definition) is 5. The monoisotopic (exact) mass is 536 g/mol. The zero-order chi connectivity index (χ0) is 28.5. The van der Waals surface area contributed by atoms with Gasteiger partial charge in [-0.2, -0.15) is 0 Å². The second-order valence-corrected chi connectivity index (χ2v) is 9.89. The Morgan fingerprint density at radius 2 is 1.28 bits per heavy atom. The zero-order valence-corrected chi connectivity index (χ0v) is 24.6. The average molecular weight is 537 g/mol. The van der Waals surface area contributed by atoms with Crippen LogP contribution in [0, 0.1) is 13.8 Å². The van der Waals surface area contributed by atoms with Crippen molar-refractivity contribution in [3.05, 3.63) is 74.9 Å². The second kappa shape index (κ2) is 14.1. The Morgan fingerprint density at radius 1 is 0.795 bits per heavy atom. The van der Waals surface area contributed by atoms with Gasteiger partial charge in [0.2, 0.25) is 0 Å². The third-order valence-corrected chi connectivity index (χ3v) is 7.36. The molecule has 0 amide bonds. The van der Waals surface area contributed by atoms with E-state index >= 15 is 0 Å². The predicted molar refractivity (Wildman–Crippen MR) is 154 cm³/mol. The highest BCUT2D eigenvalue weighted by atomic mass is 16.5. The van der Waals surface area contributed by atoms with E-state index in [1.54, 1.807) is 7.11 Å². The molecule has 0 aliphatic carbocycles. The van der Waals surface area contributed by atoms with E-state index in [9.17, 15) is 9.59 Å². The van der Waals surface area contributed by atoms with Gasteiger partial charge in [-0.3, -0.25) is 0 Å². The van der Waals surface area contributed by atoms with Crippen LogP contribution in [0.3, 0.4) is 0 Å². The van der Waals surface area contributed by atoms with Crippen molar-refractivity contribution in [3.8, 4) is 5.75 Å². The van der Waals surface area contributed by atoms with Gasteiger partial charge < -0.3 is 24.2 Å². The first-order chi connectivity index (χ1) is 18.8. The van der Waals surface area contributed by atoms with Crippen LogP contribution in [-0.2, 0) is 22.3 Å². The third kappa shape index (κ3) is 6.57. The maximum absolute atomic E-state index is 13.1. The Balaban J connectivity index is 2.32. The van der Waals surface area contributed by atoms with Gasteiger partial charge in [-0.05, 0) is 93.3 Å². The number of rotatable bonds is 14. The molecule has 3 aromatic rings. The molecule has 0 atom stereocenters. The van der Waals surface area contributed by atoms with E-state index < -0.39 is 0 Å². The van der Waals surface area contributed by atoms with Gasteiger partial charge in [-0.15, -0.1) is 0 Å². The van der Waals surface area contributed by atoms with Crippen molar-refractivity contribution in [1.82, 2.24) is 9.97 Å². The second-order valence-electron chi connectivity index (χ2n) is 9.89. The van der Waals surface area contributed by atoms with Crippen molar-refractivity contribution < 1.29 is 23.8 Å². The molecular weight excluding hydrogens is 492 g/mol. The highest BCUT2D eigenvalue weighted by Crippen LogP contribution is 2.40. The molecular formula is C32H44N2O5. The van der Waals surface area contributed by atoms with Crippen LogP contribution in [0.2, 0.25) is 0 Å². The van der Waals surface area contributed by atoms with Crippen molar-refractivity contribution in [1.29, 1.82) is 0 Å². The lowest BCUT2D eigenvalue weighted by atomic mass is 9.87. The maximum Gasteiger partial charge on any atom is 0.355 e. The molecule has 2 N–H and O–H groups in total. The minimum absolute atomic E-state index is 0.299. The van der Waals surface area contributed by atoms with E-state index in [0.717, 1.165) is 83.5 Å².